The maximum atomic E-state index is 12.4. The first-order valence-electron chi connectivity index (χ1n) is 10.2. The minimum atomic E-state index is -3.60. The Morgan fingerprint density at radius 1 is 1.14 bits per heavy atom. The number of likely N-dealkylation sites (tertiary alicyclic amines) is 1. The maximum absolute atomic E-state index is 12.4. The summed E-state index contributed by atoms with van der Waals surface area (Å²) in [5.74, 6) is -0.0975. The second-order valence-corrected chi connectivity index (χ2v) is 10.4. The van der Waals surface area contributed by atoms with Gasteiger partial charge in [0.1, 0.15) is 0 Å². The van der Waals surface area contributed by atoms with E-state index < -0.39 is 10.0 Å². The quantitative estimate of drug-likeness (QED) is 0.692. The highest BCUT2D eigenvalue weighted by Crippen LogP contribution is 2.23. The van der Waals surface area contributed by atoms with Gasteiger partial charge in [0.2, 0.25) is 15.9 Å². The Balaban J connectivity index is 1.76. The SMILES string of the molecule is CCCN1CCC(NC(=O)CCNS(=O)(=O)c2ccc(C(C)(C)C)cc2)CC1. The highest BCUT2D eigenvalue weighted by Gasteiger charge is 2.21. The van der Waals surface area contributed by atoms with Crippen molar-refractivity contribution >= 4 is 15.9 Å². The molecule has 0 unspecified atom stereocenters. The Kier molecular flexibility index (Phi) is 8.04. The van der Waals surface area contributed by atoms with E-state index in [1.165, 1.54) is 0 Å². The Morgan fingerprint density at radius 2 is 1.75 bits per heavy atom. The van der Waals surface area contributed by atoms with Crippen molar-refractivity contribution in [3.8, 4) is 0 Å². The van der Waals surface area contributed by atoms with Gasteiger partial charge in [0.25, 0.3) is 0 Å². The summed E-state index contributed by atoms with van der Waals surface area (Å²) >= 11 is 0. The summed E-state index contributed by atoms with van der Waals surface area (Å²) in [6, 6.07) is 7.11. The smallest absolute Gasteiger partial charge is 0.240 e. The zero-order chi connectivity index (χ0) is 20.8. The first kappa shape index (κ1) is 22.8. The molecule has 0 radical (unpaired) electrons. The molecular weight excluding hydrogens is 374 g/mol. The molecule has 1 amide bonds. The van der Waals surface area contributed by atoms with Gasteiger partial charge < -0.3 is 10.2 Å². The van der Waals surface area contributed by atoms with E-state index in [1.54, 1.807) is 12.1 Å². The van der Waals surface area contributed by atoms with Gasteiger partial charge in [-0.25, -0.2) is 13.1 Å². The summed E-state index contributed by atoms with van der Waals surface area (Å²) in [5, 5.41) is 3.03. The summed E-state index contributed by atoms with van der Waals surface area (Å²) in [6.07, 6.45) is 3.21. The van der Waals surface area contributed by atoms with Crippen LogP contribution in [0.5, 0.6) is 0 Å². The third-order valence-corrected chi connectivity index (χ3v) is 6.64. The van der Waals surface area contributed by atoms with Crippen molar-refractivity contribution in [3.05, 3.63) is 29.8 Å². The van der Waals surface area contributed by atoms with Gasteiger partial charge in [0, 0.05) is 32.1 Å². The van der Waals surface area contributed by atoms with Crippen LogP contribution in [0.4, 0.5) is 0 Å². The van der Waals surface area contributed by atoms with Crippen LogP contribution in [0.15, 0.2) is 29.2 Å². The monoisotopic (exact) mass is 409 g/mol. The van der Waals surface area contributed by atoms with E-state index in [0.29, 0.717) is 0 Å². The van der Waals surface area contributed by atoms with Crippen LogP contribution < -0.4 is 10.0 Å². The van der Waals surface area contributed by atoms with E-state index in [2.05, 4.69) is 42.6 Å². The molecule has 1 fully saturated rings. The van der Waals surface area contributed by atoms with Gasteiger partial charge in [-0.15, -0.1) is 0 Å². The number of piperidine rings is 1. The van der Waals surface area contributed by atoms with E-state index >= 15 is 0 Å². The summed E-state index contributed by atoms with van der Waals surface area (Å²) in [4.78, 5) is 14.8. The molecular formula is C21H35N3O3S. The standard InChI is InChI=1S/C21H35N3O3S/c1-5-14-24-15-11-18(12-16-24)23-20(25)10-13-22-28(26,27)19-8-6-17(7-9-19)21(2,3)4/h6-9,18,22H,5,10-16H2,1-4H3,(H,23,25). The molecule has 0 atom stereocenters. The minimum absolute atomic E-state index is 0.0273. The molecule has 2 rings (SSSR count). The Bertz CT molecular complexity index is 731. The summed E-state index contributed by atoms with van der Waals surface area (Å²) < 4.78 is 27.4. The number of sulfonamides is 1. The van der Waals surface area contributed by atoms with Crippen molar-refractivity contribution in [3.63, 3.8) is 0 Å². The van der Waals surface area contributed by atoms with Crippen molar-refractivity contribution in [2.24, 2.45) is 0 Å². The molecule has 0 spiro atoms. The summed E-state index contributed by atoms with van der Waals surface area (Å²) in [5.41, 5.74) is 1.05. The average Bonchev–Trinajstić information content (AvgIpc) is 2.63. The van der Waals surface area contributed by atoms with Gasteiger partial charge in [-0.1, -0.05) is 39.8 Å². The average molecular weight is 410 g/mol. The highest BCUT2D eigenvalue weighted by molar-refractivity contribution is 7.89. The molecule has 0 saturated carbocycles. The third kappa shape index (κ3) is 6.87. The lowest BCUT2D eigenvalue weighted by molar-refractivity contribution is -0.121. The number of nitrogens with one attached hydrogen (secondary N) is 2. The van der Waals surface area contributed by atoms with Crippen LogP contribution in [0.25, 0.3) is 0 Å². The van der Waals surface area contributed by atoms with Gasteiger partial charge in [-0.3, -0.25) is 4.79 Å². The molecule has 2 N–H and O–H groups in total. The van der Waals surface area contributed by atoms with Gasteiger partial charge in [0.05, 0.1) is 4.90 Å². The molecule has 1 saturated heterocycles. The second kappa shape index (κ2) is 9.85. The third-order valence-electron chi connectivity index (χ3n) is 5.17. The Morgan fingerprint density at radius 3 is 2.29 bits per heavy atom. The van der Waals surface area contributed by atoms with Crippen LogP contribution in [-0.4, -0.2) is 51.4 Å². The topological polar surface area (TPSA) is 78.5 Å². The number of benzene rings is 1. The molecule has 158 valence electrons. The van der Waals surface area contributed by atoms with E-state index in [-0.39, 0.29) is 35.2 Å². The second-order valence-electron chi connectivity index (χ2n) is 8.61. The Hall–Kier alpha value is -1.44. The van der Waals surface area contributed by atoms with E-state index in [9.17, 15) is 13.2 Å². The molecule has 1 heterocycles. The normalized spacial score (nSPS) is 16.9. The number of amides is 1. The van der Waals surface area contributed by atoms with Crippen LogP contribution in [0, 0.1) is 0 Å². The molecule has 0 aliphatic carbocycles. The maximum Gasteiger partial charge on any atom is 0.240 e. The van der Waals surface area contributed by atoms with E-state index in [0.717, 1.165) is 44.5 Å². The van der Waals surface area contributed by atoms with Crippen molar-refractivity contribution in [1.82, 2.24) is 14.9 Å². The van der Waals surface area contributed by atoms with Crippen LogP contribution in [0.3, 0.4) is 0 Å². The largest absolute Gasteiger partial charge is 0.353 e. The van der Waals surface area contributed by atoms with E-state index in [1.807, 2.05) is 12.1 Å². The molecule has 0 aromatic heterocycles. The molecule has 1 aromatic rings. The highest BCUT2D eigenvalue weighted by atomic mass is 32.2. The van der Waals surface area contributed by atoms with Crippen LogP contribution in [0.1, 0.15) is 58.9 Å². The Labute approximate surface area is 170 Å². The fourth-order valence-electron chi connectivity index (χ4n) is 3.43. The first-order chi connectivity index (χ1) is 13.1. The van der Waals surface area contributed by atoms with Crippen molar-refractivity contribution in [2.75, 3.05) is 26.2 Å². The lowest BCUT2D eigenvalue weighted by Gasteiger charge is -2.32. The van der Waals surface area contributed by atoms with Crippen molar-refractivity contribution in [2.45, 2.75) is 69.7 Å². The fourth-order valence-corrected chi connectivity index (χ4v) is 4.47. The van der Waals surface area contributed by atoms with Crippen LogP contribution in [-0.2, 0) is 20.2 Å². The summed E-state index contributed by atoms with van der Waals surface area (Å²) in [6.45, 7) is 11.7. The van der Waals surface area contributed by atoms with Gasteiger partial charge >= 0.3 is 0 Å². The molecule has 0 bridgehead atoms. The van der Waals surface area contributed by atoms with Gasteiger partial charge in [-0.2, -0.15) is 0 Å². The minimum Gasteiger partial charge on any atom is -0.353 e. The first-order valence-corrected chi connectivity index (χ1v) is 11.7. The molecule has 1 aliphatic heterocycles. The van der Waals surface area contributed by atoms with Crippen molar-refractivity contribution < 1.29 is 13.2 Å². The number of hydrogen-bond donors (Lipinski definition) is 2. The van der Waals surface area contributed by atoms with Crippen LogP contribution >= 0.6 is 0 Å². The van der Waals surface area contributed by atoms with Gasteiger partial charge in [-0.05, 0) is 48.9 Å². The predicted molar refractivity (Wildman–Crippen MR) is 113 cm³/mol. The van der Waals surface area contributed by atoms with Crippen LogP contribution in [0.2, 0.25) is 0 Å². The molecule has 7 heteroatoms. The molecule has 6 nitrogen and oxygen atoms in total. The molecule has 28 heavy (non-hydrogen) atoms. The summed E-state index contributed by atoms with van der Waals surface area (Å²) in [7, 11) is -3.60. The zero-order valence-corrected chi connectivity index (χ0v) is 18.4. The molecule has 1 aromatic carbocycles. The van der Waals surface area contributed by atoms with Crippen molar-refractivity contribution in [1.29, 1.82) is 0 Å². The number of carbonyl (C=O) groups is 1. The number of hydrogen-bond acceptors (Lipinski definition) is 4. The predicted octanol–water partition coefficient (Wildman–Crippen LogP) is 2.64. The lowest BCUT2D eigenvalue weighted by atomic mass is 9.87. The zero-order valence-electron chi connectivity index (χ0n) is 17.6. The number of rotatable bonds is 8. The number of nitrogens with zero attached hydrogens (tertiary/aromatic N) is 1. The molecule has 1 aliphatic rings. The van der Waals surface area contributed by atoms with Gasteiger partial charge in [0.15, 0.2) is 0 Å². The lowest BCUT2D eigenvalue weighted by Crippen LogP contribution is -2.45. The number of carbonyl (C=O) groups excluding carboxylic acids is 1. The van der Waals surface area contributed by atoms with E-state index in [4.69, 9.17) is 0 Å². The fraction of sp³-hybridized carbons (Fsp3) is 0.667.